The Bertz CT molecular complexity index is 1400. The highest BCUT2D eigenvalue weighted by molar-refractivity contribution is 5.97. The van der Waals surface area contributed by atoms with Gasteiger partial charge in [0.1, 0.15) is 11.6 Å². The predicted octanol–water partition coefficient (Wildman–Crippen LogP) is 7.62. The van der Waals surface area contributed by atoms with Gasteiger partial charge in [0.15, 0.2) is 0 Å². The van der Waals surface area contributed by atoms with Gasteiger partial charge in [-0.15, -0.1) is 0 Å². The quantitative estimate of drug-likeness (QED) is 0.279. The Balaban J connectivity index is 1.77. The molecule has 0 saturated carbocycles. The number of hydrogen-bond donors (Lipinski definition) is 0. The lowest BCUT2D eigenvalue weighted by Gasteiger charge is -2.18. The third kappa shape index (κ3) is 4.13. The van der Waals surface area contributed by atoms with E-state index in [1.54, 1.807) is 7.11 Å². The maximum Gasteiger partial charge on any atom is 0.136 e. The molecular weight excluding hydrogens is 416 g/mol. The van der Waals surface area contributed by atoms with Crippen LogP contribution in [0.3, 0.4) is 0 Å². The molecule has 5 rings (SSSR count). The first-order chi connectivity index (χ1) is 16.5. The van der Waals surface area contributed by atoms with Crippen LogP contribution in [-0.4, -0.2) is 26.2 Å². The van der Waals surface area contributed by atoms with E-state index in [4.69, 9.17) is 9.72 Å². The molecule has 0 aliphatic heterocycles. The Kier molecular flexibility index (Phi) is 5.77. The number of anilines is 1. The van der Waals surface area contributed by atoms with Crippen molar-refractivity contribution in [2.75, 3.05) is 26.1 Å². The van der Waals surface area contributed by atoms with E-state index in [9.17, 15) is 0 Å². The largest absolute Gasteiger partial charge is 0.496 e. The first-order valence-electron chi connectivity index (χ1n) is 11.5. The molecule has 5 aromatic rings. The first kappa shape index (κ1) is 21.7. The normalized spacial score (nSPS) is 10.9. The highest BCUT2D eigenvalue weighted by Gasteiger charge is 2.14. The Morgan fingerprint density at radius 3 is 1.74 bits per heavy atom. The molecule has 0 atom stereocenters. The lowest BCUT2D eigenvalue weighted by molar-refractivity contribution is 0.412. The van der Waals surface area contributed by atoms with E-state index in [1.807, 2.05) is 14.1 Å². The van der Waals surface area contributed by atoms with Crippen molar-refractivity contribution in [2.45, 2.75) is 6.92 Å². The summed E-state index contributed by atoms with van der Waals surface area (Å²) in [6, 6.07) is 34.2. The van der Waals surface area contributed by atoms with Gasteiger partial charge in [-0.05, 0) is 76.5 Å². The van der Waals surface area contributed by atoms with Crippen LogP contribution in [0.1, 0.15) is 5.56 Å². The number of benzene rings is 4. The second-order valence-electron chi connectivity index (χ2n) is 8.80. The number of ether oxygens (including phenoxy) is 1. The van der Waals surface area contributed by atoms with Crippen LogP contribution < -0.4 is 9.64 Å². The van der Waals surface area contributed by atoms with Gasteiger partial charge < -0.3 is 9.64 Å². The fourth-order valence-electron chi connectivity index (χ4n) is 4.45. The number of aromatic nitrogens is 1. The van der Waals surface area contributed by atoms with E-state index in [0.29, 0.717) is 0 Å². The van der Waals surface area contributed by atoms with Gasteiger partial charge in [-0.25, -0.2) is 4.98 Å². The molecule has 0 aliphatic carbocycles. The van der Waals surface area contributed by atoms with Crippen LogP contribution in [0, 0.1) is 6.92 Å². The summed E-state index contributed by atoms with van der Waals surface area (Å²) < 4.78 is 5.62. The number of rotatable bonds is 5. The number of aryl methyl sites for hydroxylation is 1. The minimum absolute atomic E-state index is 0.886. The van der Waals surface area contributed by atoms with Crippen molar-refractivity contribution >= 4 is 16.6 Å². The van der Waals surface area contributed by atoms with E-state index in [2.05, 4.69) is 109 Å². The highest BCUT2D eigenvalue weighted by atomic mass is 16.5. The number of methoxy groups -OCH3 is 1. The zero-order valence-corrected chi connectivity index (χ0v) is 20.0. The van der Waals surface area contributed by atoms with Crippen molar-refractivity contribution in [3.8, 4) is 39.3 Å². The standard InChI is InChI=1S/C31H28N2O/c1-21-15-28-26(20-30(21)34-4)19-29(32-31(28)33(2)3)27-17-24(22-11-7-5-8-12-22)16-25(18-27)23-13-9-6-10-14-23/h5-20H,1-4H3. The van der Waals surface area contributed by atoms with Crippen molar-refractivity contribution in [1.82, 2.24) is 4.98 Å². The molecule has 3 heteroatoms. The fraction of sp³-hybridized carbons (Fsp3) is 0.129. The van der Waals surface area contributed by atoms with Crippen LogP contribution in [0.15, 0.2) is 97.1 Å². The zero-order chi connectivity index (χ0) is 23.7. The van der Waals surface area contributed by atoms with Gasteiger partial charge in [-0.2, -0.15) is 0 Å². The molecule has 0 saturated heterocycles. The second-order valence-corrected chi connectivity index (χ2v) is 8.80. The minimum Gasteiger partial charge on any atom is -0.496 e. The maximum atomic E-state index is 5.62. The molecule has 0 fully saturated rings. The predicted molar refractivity (Wildman–Crippen MR) is 144 cm³/mol. The summed E-state index contributed by atoms with van der Waals surface area (Å²) in [6.45, 7) is 2.07. The third-order valence-corrected chi connectivity index (χ3v) is 6.19. The number of hydrogen-bond acceptors (Lipinski definition) is 3. The first-order valence-corrected chi connectivity index (χ1v) is 11.5. The Morgan fingerprint density at radius 2 is 1.21 bits per heavy atom. The van der Waals surface area contributed by atoms with E-state index in [1.165, 1.54) is 22.3 Å². The Hall–Kier alpha value is -4.11. The lowest BCUT2D eigenvalue weighted by Crippen LogP contribution is -2.11. The van der Waals surface area contributed by atoms with Crippen LogP contribution in [0.25, 0.3) is 44.3 Å². The van der Waals surface area contributed by atoms with Crippen LogP contribution in [0.5, 0.6) is 5.75 Å². The summed E-state index contributed by atoms with van der Waals surface area (Å²) in [5.41, 5.74) is 7.85. The van der Waals surface area contributed by atoms with Gasteiger partial charge in [-0.3, -0.25) is 0 Å². The Morgan fingerprint density at radius 1 is 0.647 bits per heavy atom. The molecule has 1 heterocycles. The number of pyridine rings is 1. The summed E-state index contributed by atoms with van der Waals surface area (Å²) in [6.07, 6.45) is 0. The molecule has 1 aromatic heterocycles. The van der Waals surface area contributed by atoms with E-state index < -0.39 is 0 Å². The van der Waals surface area contributed by atoms with Crippen LogP contribution >= 0.6 is 0 Å². The van der Waals surface area contributed by atoms with Gasteiger partial charge in [0.25, 0.3) is 0 Å². The second kappa shape index (κ2) is 9.03. The van der Waals surface area contributed by atoms with Gasteiger partial charge in [0, 0.05) is 25.0 Å². The molecule has 0 bridgehead atoms. The average Bonchev–Trinajstić information content (AvgIpc) is 2.88. The van der Waals surface area contributed by atoms with Gasteiger partial charge in [0.2, 0.25) is 0 Å². The molecule has 4 aromatic carbocycles. The van der Waals surface area contributed by atoms with E-state index >= 15 is 0 Å². The molecule has 0 radical (unpaired) electrons. The topological polar surface area (TPSA) is 25.4 Å². The molecule has 168 valence electrons. The number of nitrogens with zero attached hydrogens (tertiary/aromatic N) is 2. The highest BCUT2D eigenvalue weighted by Crippen LogP contribution is 2.36. The molecule has 34 heavy (non-hydrogen) atoms. The summed E-state index contributed by atoms with van der Waals surface area (Å²) in [4.78, 5) is 7.20. The van der Waals surface area contributed by atoms with Crippen molar-refractivity contribution in [2.24, 2.45) is 0 Å². The molecule has 0 unspecified atom stereocenters. The van der Waals surface area contributed by atoms with E-state index in [-0.39, 0.29) is 0 Å². The monoisotopic (exact) mass is 444 g/mol. The van der Waals surface area contributed by atoms with E-state index in [0.717, 1.165) is 39.2 Å². The molecule has 0 amide bonds. The van der Waals surface area contributed by atoms with Gasteiger partial charge >= 0.3 is 0 Å². The molecule has 0 N–H and O–H groups in total. The van der Waals surface area contributed by atoms with Crippen molar-refractivity contribution in [1.29, 1.82) is 0 Å². The van der Waals surface area contributed by atoms with Gasteiger partial charge in [0.05, 0.1) is 12.8 Å². The summed E-state index contributed by atoms with van der Waals surface area (Å²) in [7, 11) is 5.81. The summed E-state index contributed by atoms with van der Waals surface area (Å²) in [5.74, 6) is 1.84. The maximum absolute atomic E-state index is 5.62. The molecular formula is C31H28N2O. The molecule has 0 aliphatic rings. The average molecular weight is 445 g/mol. The summed E-state index contributed by atoms with van der Waals surface area (Å²) >= 11 is 0. The third-order valence-electron chi connectivity index (χ3n) is 6.19. The lowest BCUT2D eigenvalue weighted by atomic mass is 9.94. The number of fused-ring (bicyclic) bond motifs is 1. The summed E-state index contributed by atoms with van der Waals surface area (Å²) in [5, 5.41) is 2.23. The van der Waals surface area contributed by atoms with Gasteiger partial charge in [-0.1, -0.05) is 60.7 Å². The van der Waals surface area contributed by atoms with Crippen molar-refractivity contribution in [3.63, 3.8) is 0 Å². The molecule has 3 nitrogen and oxygen atoms in total. The van der Waals surface area contributed by atoms with Crippen LogP contribution in [-0.2, 0) is 0 Å². The SMILES string of the molecule is COc1cc2cc(-c3cc(-c4ccccc4)cc(-c4ccccc4)c3)nc(N(C)C)c2cc1C. The van der Waals surface area contributed by atoms with Crippen molar-refractivity contribution < 1.29 is 4.74 Å². The molecule has 0 spiro atoms. The zero-order valence-electron chi connectivity index (χ0n) is 20.0. The van der Waals surface area contributed by atoms with Crippen LogP contribution in [0.4, 0.5) is 5.82 Å². The van der Waals surface area contributed by atoms with Crippen molar-refractivity contribution in [3.05, 3.63) is 103 Å². The fourth-order valence-corrected chi connectivity index (χ4v) is 4.45. The smallest absolute Gasteiger partial charge is 0.136 e. The minimum atomic E-state index is 0.886. The van der Waals surface area contributed by atoms with Crippen LogP contribution in [0.2, 0.25) is 0 Å². The Labute approximate surface area is 201 Å².